The Bertz CT molecular complexity index is 346. The number of rotatable bonds is 2. The van der Waals surface area contributed by atoms with Crippen molar-refractivity contribution in [2.45, 2.75) is 64.5 Å². The fraction of sp³-hybridized carbons (Fsp3) is 0.857. The Balaban J connectivity index is 2.31. The summed E-state index contributed by atoms with van der Waals surface area (Å²) in [6.45, 7) is 6.57. The summed E-state index contributed by atoms with van der Waals surface area (Å²) in [5, 5.41) is 2.96. The van der Waals surface area contributed by atoms with Gasteiger partial charge in [0.05, 0.1) is 0 Å². The second-order valence-electron chi connectivity index (χ2n) is 5.87. The molecule has 1 saturated carbocycles. The molecule has 2 aliphatic rings. The predicted molar refractivity (Wildman–Crippen MR) is 70.0 cm³/mol. The largest absolute Gasteiger partial charge is 0.342 e. The highest BCUT2D eigenvalue weighted by molar-refractivity contribution is 6.00. The van der Waals surface area contributed by atoms with Crippen molar-refractivity contribution < 1.29 is 9.59 Å². The summed E-state index contributed by atoms with van der Waals surface area (Å²) >= 11 is 0. The fourth-order valence-electron chi connectivity index (χ4n) is 3.38. The van der Waals surface area contributed by atoms with Crippen LogP contribution in [0.2, 0.25) is 0 Å². The molecule has 1 spiro atoms. The van der Waals surface area contributed by atoms with Crippen molar-refractivity contribution in [1.29, 1.82) is 0 Å². The lowest BCUT2D eigenvalue weighted by Crippen LogP contribution is -2.71. The van der Waals surface area contributed by atoms with Crippen LogP contribution in [0.1, 0.15) is 52.9 Å². The van der Waals surface area contributed by atoms with Gasteiger partial charge in [0, 0.05) is 6.54 Å². The van der Waals surface area contributed by atoms with Crippen molar-refractivity contribution in [3.63, 3.8) is 0 Å². The van der Waals surface area contributed by atoms with Gasteiger partial charge in [0.1, 0.15) is 11.6 Å². The van der Waals surface area contributed by atoms with Crippen LogP contribution in [0.5, 0.6) is 0 Å². The van der Waals surface area contributed by atoms with Gasteiger partial charge in [0.15, 0.2) is 0 Å². The van der Waals surface area contributed by atoms with E-state index in [0.29, 0.717) is 6.54 Å². The summed E-state index contributed by atoms with van der Waals surface area (Å²) in [5.74, 6) is 0.327. The highest BCUT2D eigenvalue weighted by Crippen LogP contribution is 2.37. The van der Waals surface area contributed by atoms with E-state index >= 15 is 0 Å². The third-order valence-electron chi connectivity index (χ3n) is 4.42. The quantitative estimate of drug-likeness (QED) is 0.813. The minimum atomic E-state index is -0.546. The van der Waals surface area contributed by atoms with Crippen LogP contribution < -0.4 is 5.32 Å². The molecule has 2 amide bonds. The van der Waals surface area contributed by atoms with E-state index in [0.717, 1.165) is 25.7 Å². The van der Waals surface area contributed by atoms with Crippen LogP contribution in [0.3, 0.4) is 0 Å². The molecule has 1 N–H and O–H groups in total. The smallest absolute Gasteiger partial charge is 0.246 e. The molecule has 1 saturated heterocycles. The van der Waals surface area contributed by atoms with Crippen LogP contribution in [0, 0.1) is 5.92 Å². The average molecular weight is 252 g/mol. The first-order valence-corrected chi connectivity index (χ1v) is 7.15. The monoisotopic (exact) mass is 252 g/mol. The number of hydrogen-bond acceptors (Lipinski definition) is 2. The number of piperazine rings is 1. The molecule has 0 aromatic heterocycles. The van der Waals surface area contributed by atoms with E-state index in [1.54, 1.807) is 0 Å². The summed E-state index contributed by atoms with van der Waals surface area (Å²) in [5.41, 5.74) is -0.546. The van der Waals surface area contributed by atoms with Crippen molar-refractivity contribution in [2.24, 2.45) is 5.92 Å². The van der Waals surface area contributed by atoms with Gasteiger partial charge in [0.2, 0.25) is 11.8 Å². The Labute approximate surface area is 109 Å². The molecule has 1 unspecified atom stereocenters. The van der Waals surface area contributed by atoms with Gasteiger partial charge in [-0.25, -0.2) is 0 Å². The molecular weight excluding hydrogens is 228 g/mol. The van der Waals surface area contributed by atoms with Crippen LogP contribution in [-0.2, 0) is 9.59 Å². The van der Waals surface area contributed by atoms with E-state index in [9.17, 15) is 9.59 Å². The second kappa shape index (κ2) is 4.90. The Morgan fingerprint density at radius 2 is 1.89 bits per heavy atom. The molecule has 0 radical (unpaired) electrons. The van der Waals surface area contributed by atoms with Gasteiger partial charge in [-0.15, -0.1) is 0 Å². The maximum absolute atomic E-state index is 12.5. The molecular formula is C14H24N2O2. The van der Waals surface area contributed by atoms with Gasteiger partial charge < -0.3 is 10.2 Å². The van der Waals surface area contributed by atoms with E-state index in [2.05, 4.69) is 5.32 Å². The van der Waals surface area contributed by atoms with Gasteiger partial charge in [0.25, 0.3) is 0 Å². The zero-order chi connectivity index (χ0) is 13.3. The first-order valence-electron chi connectivity index (χ1n) is 7.15. The minimum Gasteiger partial charge on any atom is -0.342 e. The summed E-state index contributed by atoms with van der Waals surface area (Å²) in [6.07, 6.45) is 4.91. The molecule has 4 heteroatoms. The van der Waals surface area contributed by atoms with Crippen molar-refractivity contribution in [3.05, 3.63) is 0 Å². The number of amides is 2. The number of likely N-dealkylation sites (N-methyl/N-ethyl adjacent to an activating group) is 1. The van der Waals surface area contributed by atoms with Gasteiger partial charge in [-0.05, 0) is 25.7 Å². The Morgan fingerprint density at radius 3 is 2.39 bits per heavy atom. The molecule has 0 bridgehead atoms. The zero-order valence-electron chi connectivity index (χ0n) is 11.7. The topological polar surface area (TPSA) is 49.4 Å². The molecule has 1 aliphatic heterocycles. The molecule has 2 fully saturated rings. The lowest BCUT2D eigenvalue weighted by molar-refractivity contribution is -0.161. The maximum Gasteiger partial charge on any atom is 0.246 e. The van der Waals surface area contributed by atoms with Crippen molar-refractivity contribution in [1.82, 2.24) is 10.2 Å². The third kappa shape index (κ3) is 1.91. The SMILES string of the molecule is CCN1C(=O)C(C(C)C)NC(=O)C12CCCCC2. The molecule has 18 heavy (non-hydrogen) atoms. The van der Waals surface area contributed by atoms with Crippen molar-refractivity contribution in [2.75, 3.05) is 6.54 Å². The Hall–Kier alpha value is -1.06. The molecule has 0 aromatic rings. The standard InChI is InChI=1S/C14H24N2O2/c1-4-16-12(17)11(10(2)3)15-13(18)14(16)8-6-5-7-9-14/h10-11H,4-9H2,1-3H3,(H,15,18). The number of hydrogen-bond donors (Lipinski definition) is 1. The first-order chi connectivity index (χ1) is 8.53. The van der Waals surface area contributed by atoms with E-state index in [-0.39, 0.29) is 23.8 Å². The predicted octanol–water partition coefficient (Wildman–Crippen LogP) is 1.69. The van der Waals surface area contributed by atoms with Gasteiger partial charge >= 0.3 is 0 Å². The number of nitrogens with zero attached hydrogens (tertiary/aromatic N) is 1. The average Bonchev–Trinajstić information content (AvgIpc) is 2.35. The van der Waals surface area contributed by atoms with E-state index in [1.807, 2.05) is 25.7 Å². The maximum atomic E-state index is 12.5. The van der Waals surface area contributed by atoms with Crippen molar-refractivity contribution >= 4 is 11.8 Å². The molecule has 0 aromatic carbocycles. The first kappa shape index (κ1) is 13.4. The van der Waals surface area contributed by atoms with E-state index < -0.39 is 5.54 Å². The number of carbonyl (C=O) groups is 2. The summed E-state index contributed by atoms with van der Waals surface area (Å²) in [7, 11) is 0. The van der Waals surface area contributed by atoms with Crippen LogP contribution >= 0.6 is 0 Å². The molecule has 1 aliphatic carbocycles. The summed E-state index contributed by atoms with van der Waals surface area (Å²) < 4.78 is 0. The molecule has 1 heterocycles. The Kier molecular flexibility index (Phi) is 3.64. The van der Waals surface area contributed by atoms with E-state index in [1.165, 1.54) is 6.42 Å². The van der Waals surface area contributed by atoms with Gasteiger partial charge in [-0.2, -0.15) is 0 Å². The minimum absolute atomic E-state index is 0.0716. The zero-order valence-corrected chi connectivity index (χ0v) is 11.7. The normalized spacial score (nSPS) is 27.8. The van der Waals surface area contributed by atoms with E-state index in [4.69, 9.17) is 0 Å². The van der Waals surface area contributed by atoms with Gasteiger partial charge in [-0.3, -0.25) is 9.59 Å². The third-order valence-corrected chi connectivity index (χ3v) is 4.42. The lowest BCUT2D eigenvalue weighted by Gasteiger charge is -2.50. The molecule has 4 nitrogen and oxygen atoms in total. The van der Waals surface area contributed by atoms with Crippen LogP contribution in [-0.4, -0.2) is 34.8 Å². The van der Waals surface area contributed by atoms with Crippen LogP contribution in [0.15, 0.2) is 0 Å². The molecule has 1 atom stereocenters. The Morgan fingerprint density at radius 1 is 1.28 bits per heavy atom. The van der Waals surface area contributed by atoms with Crippen LogP contribution in [0.25, 0.3) is 0 Å². The molecule has 102 valence electrons. The highest BCUT2D eigenvalue weighted by atomic mass is 16.2. The molecule has 2 rings (SSSR count). The van der Waals surface area contributed by atoms with Crippen LogP contribution in [0.4, 0.5) is 0 Å². The van der Waals surface area contributed by atoms with Crippen molar-refractivity contribution in [3.8, 4) is 0 Å². The summed E-state index contributed by atoms with van der Waals surface area (Å²) in [4.78, 5) is 26.9. The second-order valence-corrected chi connectivity index (χ2v) is 5.87. The number of nitrogens with one attached hydrogen (secondary N) is 1. The fourth-order valence-corrected chi connectivity index (χ4v) is 3.38. The number of carbonyl (C=O) groups excluding carboxylic acids is 2. The van der Waals surface area contributed by atoms with Gasteiger partial charge in [-0.1, -0.05) is 33.1 Å². The lowest BCUT2D eigenvalue weighted by atomic mass is 9.76. The summed E-state index contributed by atoms with van der Waals surface area (Å²) in [6, 6.07) is -0.343. The highest BCUT2D eigenvalue weighted by Gasteiger charge is 2.52.